The van der Waals surface area contributed by atoms with Crippen molar-refractivity contribution in [2.24, 2.45) is 5.73 Å². The molecule has 0 atom stereocenters. The highest BCUT2D eigenvalue weighted by Crippen LogP contribution is 2.11. The summed E-state index contributed by atoms with van der Waals surface area (Å²) in [6, 6.07) is 5.55. The highest BCUT2D eigenvalue weighted by molar-refractivity contribution is 5.86. The number of nitrogens with one attached hydrogen (secondary N) is 1. The van der Waals surface area contributed by atoms with Gasteiger partial charge in [0, 0.05) is 6.20 Å². The first-order valence-electron chi connectivity index (χ1n) is 4.88. The number of hydrogen-bond donors (Lipinski definition) is 2. The zero-order valence-electron chi connectivity index (χ0n) is 9.14. The van der Waals surface area contributed by atoms with Gasteiger partial charge in [0.15, 0.2) is 5.65 Å². The van der Waals surface area contributed by atoms with Crippen molar-refractivity contribution < 1.29 is 4.79 Å². The predicted octanol–water partition coefficient (Wildman–Crippen LogP) is 0.405. The first-order chi connectivity index (χ1) is 7.49. The summed E-state index contributed by atoms with van der Waals surface area (Å²) in [5.41, 5.74) is 5.09. The lowest BCUT2D eigenvalue weighted by molar-refractivity contribution is -0.121. The van der Waals surface area contributed by atoms with E-state index in [0.717, 1.165) is 0 Å². The highest BCUT2D eigenvalue weighted by atomic mass is 16.1. The molecule has 16 heavy (non-hydrogen) atoms. The van der Waals surface area contributed by atoms with Crippen molar-refractivity contribution in [2.75, 3.05) is 5.32 Å². The molecule has 0 aliphatic carbocycles. The molecule has 2 heterocycles. The average molecular weight is 219 g/mol. The Labute approximate surface area is 92.5 Å². The molecular formula is C10H13N5O. The number of nitrogens with two attached hydrogens (primary N) is 1. The number of hydrogen-bond acceptors (Lipinski definition) is 4. The molecule has 3 N–H and O–H groups in total. The monoisotopic (exact) mass is 219 g/mol. The lowest BCUT2D eigenvalue weighted by Crippen LogP contribution is -2.45. The Kier molecular flexibility index (Phi) is 2.26. The van der Waals surface area contributed by atoms with Gasteiger partial charge >= 0.3 is 0 Å². The summed E-state index contributed by atoms with van der Waals surface area (Å²) in [6.07, 6.45) is 1.78. The normalized spacial score (nSPS) is 11.6. The summed E-state index contributed by atoms with van der Waals surface area (Å²) < 4.78 is 1.62. The molecule has 1 amide bonds. The molecule has 0 aromatic carbocycles. The maximum atomic E-state index is 11.1. The van der Waals surface area contributed by atoms with E-state index in [1.165, 1.54) is 0 Å². The fraction of sp³-hybridized carbons (Fsp3) is 0.300. The summed E-state index contributed by atoms with van der Waals surface area (Å²) >= 11 is 0. The van der Waals surface area contributed by atoms with Crippen molar-refractivity contribution in [2.45, 2.75) is 19.4 Å². The topological polar surface area (TPSA) is 85.3 Å². The van der Waals surface area contributed by atoms with E-state index in [-0.39, 0.29) is 0 Å². The van der Waals surface area contributed by atoms with Gasteiger partial charge < -0.3 is 11.1 Å². The lowest BCUT2D eigenvalue weighted by Gasteiger charge is -2.20. The molecule has 0 aliphatic rings. The van der Waals surface area contributed by atoms with Gasteiger partial charge in [-0.2, -0.15) is 4.98 Å². The fourth-order valence-corrected chi connectivity index (χ4v) is 1.23. The van der Waals surface area contributed by atoms with Gasteiger partial charge in [-0.1, -0.05) is 6.07 Å². The Balaban J connectivity index is 2.32. The van der Waals surface area contributed by atoms with E-state index in [2.05, 4.69) is 15.4 Å². The summed E-state index contributed by atoms with van der Waals surface area (Å²) in [5, 5.41) is 7.06. The van der Waals surface area contributed by atoms with Crippen LogP contribution < -0.4 is 11.1 Å². The molecule has 0 bridgehead atoms. The highest BCUT2D eigenvalue weighted by Gasteiger charge is 2.25. The summed E-state index contributed by atoms with van der Waals surface area (Å²) in [4.78, 5) is 15.4. The zero-order valence-corrected chi connectivity index (χ0v) is 9.14. The van der Waals surface area contributed by atoms with Crippen LogP contribution in [-0.4, -0.2) is 26.0 Å². The van der Waals surface area contributed by atoms with Crippen molar-refractivity contribution >= 4 is 17.5 Å². The quantitative estimate of drug-likeness (QED) is 0.782. The molecule has 0 aliphatic heterocycles. The van der Waals surface area contributed by atoms with Crippen LogP contribution in [0.5, 0.6) is 0 Å². The van der Waals surface area contributed by atoms with Crippen molar-refractivity contribution in [3.05, 3.63) is 24.4 Å². The van der Waals surface area contributed by atoms with Crippen LogP contribution in [0.4, 0.5) is 5.95 Å². The number of carbonyl (C=O) groups excluding carboxylic acids is 1. The van der Waals surface area contributed by atoms with Crippen molar-refractivity contribution in [3.63, 3.8) is 0 Å². The second-order valence-corrected chi connectivity index (χ2v) is 4.05. The second-order valence-electron chi connectivity index (χ2n) is 4.05. The first-order valence-corrected chi connectivity index (χ1v) is 4.88. The number of pyridine rings is 1. The Morgan fingerprint density at radius 2 is 2.25 bits per heavy atom. The minimum Gasteiger partial charge on any atom is -0.368 e. The van der Waals surface area contributed by atoms with E-state index in [0.29, 0.717) is 11.6 Å². The second kappa shape index (κ2) is 3.48. The van der Waals surface area contributed by atoms with Gasteiger partial charge in [-0.3, -0.25) is 4.79 Å². The van der Waals surface area contributed by atoms with Crippen LogP contribution >= 0.6 is 0 Å². The lowest BCUT2D eigenvalue weighted by atomic mass is 10.1. The molecule has 0 spiro atoms. The molecule has 0 unspecified atom stereocenters. The largest absolute Gasteiger partial charge is 0.368 e. The van der Waals surface area contributed by atoms with Crippen LogP contribution in [0.2, 0.25) is 0 Å². The SMILES string of the molecule is CC(C)(Nc1nc2ccccn2n1)C(N)=O. The van der Waals surface area contributed by atoms with E-state index in [9.17, 15) is 4.79 Å². The number of primary amides is 1. The maximum Gasteiger partial charge on any atom is 0.243 e. The minimum absolute atomic E-state index is 0.384. The number of anilines is 1. The van der Waals surface area contributed by atoms with E-state index < -0.39 is 11.4 Å². The molecule has 84 valence electrons. The van der Waals surface area contributed by atoms with Gasteiger partial charge in [0.1, 0.15) is 5.54 Å². The fourth-order valence-electron chi connectivity index (χ4n) is 1.23. The molecule has 2 aromatic heterocycles. The smallest absolute Gasteiger partial charge is 0.243 e. The number of fused-ring (bicyclic) bond motifs is 1. The summed E-state index contributed by atoms with van der Waals surface area (Å²) in [7, 11) is 0. The van der Waals surface area contributed by atoms with Crippen LogP contribution in [0, 0.1) is 0 Å². The van der Waals surface area contributed by atoms with E-state index >= 15 is 0 Å². The zero-order chi connectivity index (χ0) is 11.8. The average Bonchev–Trinajstić information content (AvgIpc) is 2.58. The molecule has 2 rings (SSSR count). The minimum atomic E-state index is -0.870. The molecule has 0 saturated heterocycles. The molecular weight excluding hydrogens is 206 g/mol. The summed E-state index contributed by atoms with van der Waals surface area (Å²) in [5.74, 6) is -0.0682. The number of aromatic nitrogens is 3. The molecule has 0 saturated carbocycles. The molecule has 0 fully saturated rings. The third-order valence-corrected chi connectivity index (χ3v) is 2.28. The van der Waals surface area contributed by atoms with Gasteiger partial charge in [-0.05, 0) is 26.0 Å². The predicted molar refractivity (Wildman–Crippen MR) is 59.9 cm³/mol. The van der Waals surface area contributed by atoms with Gasteiger partial charge in [0.25, 0.3) is 0 Å². The van der Waals surface area contributed by atoms with Gasteiger partial charge in [-0.15, -0.1) is 5.10 Å². The van der Waals surface area contributed by atoms with E-state index in [1.54, 1.807) is 24.6 Å². The van der Waals surface area contributed by atoms with Gasteiger partial charge in [-0.25, -0.2) is 4.52 Å². The van der Waals surface area contributed by atoms with Crippen molar-refractivity contribution in [3.8, 4) is 0 Å². The van der Waals surface area contributed by atoms with Gasteiger partial charge in [0.05, 0.1) is 0 Å². The van der Waals surface area contributed by atoms with Crippen LogP contribution in [0.25, 0.3) is 5.65 Å². The third-order valence-electron chi connectivity index (χ3n) is 2.28. The Bertz CT molecular complexity index is 498. The Morgan fingerprint density at radius 1 is 1.50 bits per heavy atom. The van der Waals surface area contributed by atoms with Crippen LogP contribution in [0.3, 0.4) is 0 Å². The maximum absolute atomic E-state index is 11.1. The number of rotatable bonds is 3. The number of amides is 1. The molecule has 6 nitrogen and oxygen atoms in total. The molecule has 6 heteroatoms. The Morgan fingerprint density at radius 3 is 2.88 bits per heavy atom. The summed E-state index contributed by atoms with van der Waals surface area (Å²) in [6.45, 7) is 3.36. The van der Waals surface area contributed by atoms with Crippen LogP contribution in [0.1, 0.15) is 13.8 Å². The molecule has 0 radical (unpaired) electrons. The number of nitrogens with zero attached hydrogens (tertiary/aromatic N) is 3. The van der Waals surface area contributed by atoms with Crippen LogP contribution in [-0.2, 0) is 4.79 Å². The van der Waals surface area contributed by atoms with Gasteiger partial charge in [0.2, 0.25) is 11.9 Å². The Hall–Kier alpha value is -2.11. The first kappa shape index (κ1) is 10.4. The van der Waals surface area contributed by atoms with Crippen LogP contribution in [0.15, 0.2) is 24.4 Å². The van der Waals surface area contributed by atoms with Crippen molar-refractivity contribution in [1.29, 1.82) is 0 Å². The van der Waals surface area contributed by atoms with E-state index in [1.807, 2.05) is 18.2 Å². The van der Waals surface area contributed by atoms with E-state index in [4.69, 9.17) is 5.73 Å². The molecule has 2 aromatic rings. The number of carbonyl (C=O) groups is 1. The third kappa shape index (κ3) is 1.81. The standard InChI is InChI=1S/C10H13N5O/c1-10(2,8(11)16)13-9-12-7-5-3-4-6-15(7)14-9/h3-6H,1-2H3,(H2,11,16)(H,13,14). The van der Waals surface area contributed by atoms with Crippen molar-refractivity contribution in [1.82, 2.24) is 14.6 Å².